The quantitative estimate of drug-likeness (QED) is 0.596. The largest absolute Gasteiger partial charge is 0.348 e. The van der Waals surface area contributed by atoms with Crippen molar-refractivity contribution in [2.24, 2.45) is 11.7 Å². The number of rotatable bonds is 5. The summed E-state index contributed by atoms with van der Waals surface area (Å²) in [6, 6.07) is 6.19. The van der Waals surface area contributed by atoms with Crippen LogP contribution in [0, 0.1) is 5.92 Å². The van der Waals surface area contributed by atoms with E-state index in [2.05, 4.69) is 16.0 Å². The van der Waals surface area contributed by atoms with Crippen molar-refractivity contribution in [1.82, 2.24) is 16.0 Å². The van der Waals surface area contributed by atoms with Gasteiger partial charge in [0.1, 0.15) is 5.54 Å². The Balaban J connectivity index is 1.68. The molecule has 1 aliphatic carbocycles. The molecule has 26 heavy (non-hydrogen) atoms. The molecule has 0 aromatic heterocycles. The van der Waals surface area contributed by atoms with Crippen LogP contribution < -0.4 is 21.7 Å². The average Bonchev–Trinajstić information content (AvgIpc) is 2.93. The van der Waals surface area contributed by atoms with E-state index in [4.69, 9.17) is 5.73 Å². The van der Waals surface area contributed by atoms with Crippen LogP contribution >= 0.6 is 0 Å². The minimum absolute atomic E-state index is 0.0140. The minimum atomic E-state index is -1.12. The molecule has 1 aromatic rings. The number of carbonyl (C=O) groups is 3. The van der Waals surface area contributed by atoms with E-state index in [0.29, 0.717) is 23.6 Å². The number of nitrogens with two attached hydrogens (primary N) is 1. The van der Waals surface area contributed by atoms with Gasteiger partial charge in [0, 0.05) is 18.2 Å². The highest BCUT2D eigenvalue weighted by Crippen LogP contribution is 2.27. The fraction of sp³-hybridized carbons (Fsp3) is 0.526. The number of imide groups is 1. The van der Waals surface area contributed by atoms with E-state index in [1.807, 2.05) is 0 Å². The molecule has 1 aliphatic heterocycles. The minimum Gasteiger partial charge on any atom is -0.348 e. The van der Waals surface area contributed by atoms with Crippen LogP contribution in [0.4, 0.5) is 4.79 Å². The Hall–Kier alpha value is -2.41. The summed E-state index contributed by atoms with van der Waals surface area (Å²) >= 11 is 0. The second kappa shape index (κ2) is 7.45. The fourth-order valence-electron chi connectivity index (χ4n) is 3.86. The maximum absolute atomic E-state index is 12.6. The molecule has 1 saturated carbocycles. The highest BCUT2D eigenvalue weighted by Gasteiger charge is 2.43. The van der Waals surface area contributed by atoms with Crippen molar-refractivity contribution in [3.05, 3.63) is 35.4 Å². The third-order valence-electron chi connectivity index (χ3n) is 5.56. The summed E-state index contributed by atoms with van der Waals surface area (Å²) < 4.78 is 0. The Kier molecular flexibility index (Phi) is 5.27. The highest BCUT2D eigenvalue weighted by molar-refractivity contribution is 6.07. The molecule has 0 radical (unpaired) electrons. The molecule has 0 spiro atoms. The number of nitrogens with one attached hydrogen (secondary N) is 3. The molecule has 2 aliphatic rings. The maximum atomic E-state index is 12.6. The van der Waals surface area contributed by atoms with Crippen LogP contribution in [0.3, 0.4) is 0 Å². The van der Waals surface area contributed by atoms with Crippen LogP contribution in [-0.2, 0) is 10.3 Å². The second-order valence-corrected chi connectivity index (χ2v) is 7.32. The lowest BCUT2D eigenvalue weighted by Gasteiger charge is -2.30. The van der Waals surface area contributed by atoms with Gasteiger partial charge in [-0.15, -0.1) is 0 Å². The smallest absolute Gasteiger partial charge is 0.322 e. The Morgan fingerprint density at radius 3 is 2.42 bits per heavy atom. The van der Waals surface area contributed by atoms with Crippen LogP contribution in [0.5, 0.6) is 0 Å². The molecule has 1 saturated heterocycles. The van der Waals surface area contributed by atoms with Gasteiger partial charge in [0.25, 0.3) is 11.8 Å². The number of hydrogen-bond donors (Lipinski definition) is 4. The van der Waals surface area contributed by atoms with Gasteiger partial charge in [0.15, 0.2) is 0 Å². The van der Waals surface area contributed by atoms with Crippen LogP contribution in [0.15, 0.2) is 24.3 Å². The number of hydrogen-bond acceptors (Lipinski definition) is 4. The SMILES string of the molecule is CC1(c2ccc(C(=O)NC(CN)C3CCCCC3)cc2)NC(=O)NC1=O. The first-order valence-corrected chi connectivity index (χ1v) is 9.19. The Morgan fingerprint density at radius 1 is 1.23 bits per heavy atom. The third-order valence-corrected chi connectivity index (χ3v) is 5.56. The van der Waals surface area contributed by atoms with Crippen LogP contribution in [0.1, 0.15) is 54.9 Å². The Bertz CT molecular complexity index is 697. The normalized spacial score (nSPS) is 24.7. The summed E-state index contributed by atoms with van der Waals surface area (Å²) in [4.78, 5) is 36.0. The lowest BCUT2D eigenvalue weighted by molar-refractivity contribution is -0.123. The first-order valence-electron chi connectivity index (χ1n) is 9.19. The summed E-state index contributed by atoms with van der Waals surface area (Å²) in [6.07, 6.45) is 5.85. The van der Waals surface area contributed by atoms with E-state index in [1.54, 1.807) is 31.2 Å². The highest BCUT2D eigenvalue weighted by atomic mass is 16.2. The fourth-order valence-corrected chi connectivity index (χ4v) is 3.86. The van der Waals surface area contributed by atoms with Crippen molar-refractivity contribution in [3.8, 4) is 0 Å². The first kappa shape index (κ1) is 18.4. The van der Waals surface area contributed by atoms with E-state index in [-0.39, 0.29) is 11.9 Å². The topological polar surface area (TPSA) is 113 Å². The van der Waals surface area contributed by atoms with Gasteiger partial charge in [0.05, 0.1) is 0 Å². The zero-order valence-electron chi connectivity index (χ0n) is 15.0. The number of amides is 4. The molecule has 5 N–H and O–H groups in total. The molecular formula is C19H26N4O3. The molecule has 7 nitrogen and oxygen atoms in total. The van der Waals surface area contributed by atoms with Crippen molar-refractivity contribution in [2.45, 2.75) is 50.6 Å². The summed E-state index contributed by atoms with van der Waals surface area (Å²) in [7, 11) is 0. The van der Waals surface area contributed by atoms with Crippen molar-refractivity contribution in [1.29, 1.82) is 0 Å². The number of benzene rings is 1. The molecule has 1 aromatic carbocycles. The van der Waals surface area contributed by atoms with Gasteiger partial charge in [-0.3, -0.25) is 14.9 Å². The molecule has 1 heterocycles. The van der Waals surface area contributed by atoms with Crippen molar-refractivity contribution >= 4 is 17.8 Å². The Morgan fingerprint density at radius 2 is 1.88 bits per heavy atom. The van der Waals surface area contributed by atoms with Gasteiger partial charge >= 0.3 is 6.03 Å². The second-order valence-electron chi connectivity index (χ2n) is 7.32. The van der Waals surface area contributed by atoms with Crippen molar-refractivity contribution < 1.29 is 14.4 Å². The van der Waals surface area contributed by atoms with Crippen molar-refractivity contribution in [3.63, 3.8) is 0 Å². The number of urea groups is 1. The van der Waals surface area contributed by atoms with E-state index in [9.17, 15) is 14.4 Å². The maximum Gasteiger partial charge on any atom is 0.322 e. The molecule has 3 rings (SSSR count). The molecular weight excluding hydrogens is 332 g/mol. The monoisotopic (exact) mass is 358 g/mol. The van der Waals surface area contributed by atoms with E-state index >= 15 is 0 Å². The lowest BCUT2D eigenvalue weighted by Crippen LogP contribution is -2.46. The first-order chi connectivity index (χ1) is 12.4. The van der Waals surface area contributed by atoms with Crippen LogP contribution in [-0.4, -0.2) is 30.4 Å². The van der Waals surface area contributed by atoms with Gasteiger partial charge in [-0.25, -0.2) is 4.79 Å². The van der Waals surface area contributed by atoms with E-state index in [0.717, 1.165) is 12.8 Å². The average molecular weight is 358 g/mol. The predicted molar refractivity (Wildman–Crippen MR) is 97.4 cm³/mol. The van der Waals surface area contributed by atoms with Crippen molar-refractivity contribution in [2.75, 3.05) is 6.54 Å². The molecule has 2 fully saturated rings. The van der Waals surface area contributed by atoms with Gasteiger partial charge in [-0.1, -0.05) is 31.4 Å². The predicted octanol–water partition coefficient (Wildman–Crippen LogP) is 1.38. The van der Waals surface area contributed by atoms with E-state index < -0.39 is 17.5 Å². The summed E-state index contributed by atoms with van der Waals surface area (Å²) in [5.74, 6) is -0.129. The standard InChI is InChI=1S/C19H26N4O3/c1-19(17(25)22-18(26)23-19)14-9-7-13(8-10-14)16(24)21-15(11-20)12-5-3-2-4-6-12/h7-10,12,15H,2-6,11,20H2,1H3,(H,21,24)(H2,22,23,25,26). The van der Waals surface area contributed by atoms with Crippen LogP contribution in [0.25, 0.3) is 0 Å². The van der Waals surface area contributed by atoms with E-state index in [1.165, 1.54) is 19.3 Å². The summed E-state index contributed by atoms with van der Waals surface area (Å²) in [5, 5.41) is 7.90. The summed E-state index contributed by atoms with van der Waals surface area (Å²) in [6.45, 7) is 2.06. The van der Waals surface area contributed by atoms with Gasteiger partial charge in [-0.05, 0) is 43.4 Å². The molecule has 2 atom stereocenters. The van der Waals surface area contributed by atoms with Crippen LogP contribution in [0.2, 0.25) is 0 Å². The molecule has 7 heteroatoms. The van der Waals surface area contributed by atoms with Gasteiger partial charge in [-0.2, -0.15) is 0 Å². The Labute approximate surface area is 153 Å². The molecule has 140 valence electrons. The number of carbonyl (C=O) groups excluding carboxylic acids is 3. The molecule has 0 bridgehead atoms. The lowest BCUT2D eigenvalue weighted by atomic mass is 9.83. The zero-order chi connectivity index (χ0) is 18.7. The summed E-state index contributed by atoms with van der Waals surface area (Å²) in [5.41, 5.74) is 5.90. The van der Waals surface area contributed by atoms with Gasteiger partial charge in [0.2, 0.25) is 0 Å². The third kappa shape index (κ3) is 3.58. The zero-order valence-corrected chi connectivity index (χ0v) is 15.0. The molecule has 2 unspecified atom stereocenters. The molecule has 4 amide bonds. The van der Waals surface area contributed by atoms with Gasteiger partial charge < -0.3 is 16.4 Å².